The van der Waals surface area contributed by atoms with Crippen molar-refractivity contribution in [3.63, 3.8) is 0 Å². The molecule has 0 aliphatic rings. The molecule has 0 aliphatic heterocycles. The molecule has 1 rings (SSSR count). The minimum absolute atomic E-state index is 0. The fourth-order valence-corrected chi connectivity index (χ4v) is 1.35. The molecule has 1 atom stereocenters. The first-order valence-electron chi connectivity index (χ1n) is 5.70. The molecule has 0 aromatic heterocycles. The third-order valence-electron chi connectivity index (χ3n) is 2.65. The molecule has 96 valence electrons. The molecule has 0 heterocycles. The Balaban J connectivity index is 0.00000256. The second-order valence-electron chi connectivity index (χ2n) is 4.31. The van der Waals surface area contributed by atoms with Gasteiger partial charge in [-0.2, -0.15) is 0 Å². The molecule has 3 nitrogen and oxygen atoms in total. The highest BCUT2D eigenvalue weighted by Gasteiger charge is 2.16. The zero-order valence-corrected chi connectivity index (χ0v) is 11.4. The molecule has 0 unspecified atom stereocenters. The van der Waals surface area contributed by atoms with Gasteiger partial charge in [0, 0.05) is 5.69 Å². The highest BCUT2D eigenvalue weighted by Crippen LogP contribution is 2.11. The molecule has 1 aromatic carbocycles. The quantitative estimate of drug-likeness (QED) is 0.870. The summed E-state index contributed by atoms with van der Waals surface area (Å²) in [4.78, 5) is 11.7. The van der Waals surface area contributed by atoms with Gasteiger partial charge in [-0.1, -0.05) is 32.9 Å². The normalized spacial score (nSPS) is 11.8. The van der Waals surface area contributed by atoms with E-state index in [2.05, 4.69) is 12.2 Å². The van der Waals surface area contributed by atoms with Crippen LogP contribution in [0, 0.1) is 5.92 Å². The standard InChI is InChI=1S/C13H20N2O.ClH/c1-4-10-5-7-11(8-6-10)15-13(16)12(14)9(2)3;/h5-9,12H,4,14H2,1-3H3,(H,15,16);1H/t12-;/m0./s1. The summed E-state index contributed by atoms with van der Waals surface area (Å²) >= 11 is 0. The maximum atomic E-state index is 11.7. The number of hydrogen-bond acceptors (Lipinski definition) is 2. The Morgan fingerprint density at radius 1 is 1.29 bits per heavy atom. The molecule has 1 amide bonds. The number of carbonyl (C=O) groups is 1. The zero-order valence-electron chi connectivity index (χ0n) is 10.6. The van der Waals surface area contributed by atoms with Gasteiger partial charge >= 0.3 is 0 Å². The predicted molar refractivity (Wildman–Crippen MR) is 74.5 cm³/mol. The van der Waals surface area contributed by atoms with Crippen LogP contribution in [0.15, 0.2) is 24.3 Å². The Hall–Kier alpha value is -1.06. The van der Waals surface area contributed by atoms with Crippen LogP contribution in [0.3, 0.4) is 0 Å². The van der Waals surface area contributed by atoms with Crippen molar-refractivity contribution in [2.24, 2.45) is 11.7 Å². The Labute approximate surface area is 109 Å². The Morgan fingerprint density at radius 3 is 2.24 bits per heavy atom. The van der Waals surface area contributed by atoms with Crippen LogP contribution in [0.4, 0.5) is 5.69 Å². The van der Waals surface area contributed by atoms with Gasteiger partial charge in [0.1, 0.15) is 0 Å². The number of nitrogens with two attached hydrogens (primary N) is 1. The van der Waals surface area contributed by atoms with Crippen molar-refractivity contribution in [1.82, 2.24) is 0 Å². The van der Waals surface area contributed by atoms with Crippen molar-refractivity contribution < 1.29 is 4.79 Å². The lowest BCUT2D eigenvalue weighted by molar-refractivity contribution is -0.118. The van der Waals surface area contributed by atoms with E-state index in [4.69, 9.17) is 5.73 Å². The van der Waals surface area contributed by atoms with Crippen LogP contribution in [0.1, 0.15) is 26.3 Å². The van der Waals surface area contributed by atoms with Gasteiger partial charge in [-0.05, 0) is 30.0 Å². The summed E-state index contributed by atoms with van der Waals surface area (Å²) in [5.41, 5.74) is 7.81. The number of benzene rings is 1. The summed E-state index contributed by atoms with van der Waals surface area (Å²) in [6.07, 6.45) is 1.000. The van der Waals surface area contributed by atoms with Crippen molar-refractivity contribution in [3.8, 4) is 0 Å². The lowest BCUT2D eigenvalue weighted by atomic mass is 10.0. The molecule has 0 radical (unpaired) electrons. The fourth-order valence-electron chi connectivity index (χ4n) is 1.35. The van der Waals surface area contributed by atoms with Crippen LogP contribution < -0.4 is 11.1 Å². The number of anilines is 1. The number of carbonyl (C=O) groups excluding carboxylic acids is 1. The molecule has 0 bridgehead atoms. The fraction of sp³-hybridized carbons (Fsp3) is 0.462. The molecule has 0 spiro atoms. The van der Waals surface area contributed by atoms with E-state index in [1.165, 1.54) is 5.56 Å². The highest BCUT2D eigenvalue weighted by molar-refractivity contribution is 5.94. The molecule has 4 heteroatoms. The molecule has 0 fully saturated rings. The second-order valence-corrected chi connectivity index (χ2v) is 4.31. The maximum Gasteiger partial charge on any atom is 0.241 e. The monoisotopic (exact) mass is 256 g/mol. The predicted octanol–water partition coefficient (Wildman–Crippen LogP) is 2.59. The molecular formula is C13H21ClN2O. The van der Waals surface area contributed by atoms with Gasteiger partial charge in [-0.25, -0.2) is 0 Å². The van der Waals surface area contributed by atoms with Crippen molar-refractivity contribution in [2.45, 2.75) is 33.2 Å². The Morgan fingerprint density at radius 2 is 1.82 bits per heavy atom. The number of hydrogen-bond donors (Lipinski definition) is 2. The molecular weight excluding hydrogens is 236 g/mol. The average Bonchev–Trinajstić information content (AvgIpc) is 2.28. The topological polar surface area (TPSA) is 55.1 Å². The number of halogens is 1. The molecule has 0 aliphatic carbocycles. The van der Waals surface area contributed by atoms with Crippen LogP contribution in [-0.2, 0) is 11.2 Å². The summed E-state index contributed by atoms with van der Waals surface area (Å²) in [6.45, 7) is 5.97. The van der Waals surface area contributed by atoms with Crippen molar-refractivity contribution in [3.05, 3.63) is 29.8 Å². The lowest BCUT2D eigenvalue weighted by Crippen LogP contribution is -2.39. The number of nitrogens with one attached hydrogen (secondary N) is 1. The molecule has 0 saturated heterocycles. The van der Waals surface area contributed by atoms with Gasteiger partial charge in [-0.3, -0.25) is 4.79 Å². The van der Waals surface area contributed by atoms with Gasteiger partial charge in [-0.15, -0.1) is 12.4 Å². The highest BCUT2D eigenvalue weighted by atomic mass is 35.5. The first kappa shape index (κ1) is 15.9. The minimum atomic E-state index is -0.453. The number of amides is 1. The smallest absolute Gasteiger partial charge is 0.241 e. The summed E-state index contributed by atoms with van der Waals surface area (Å²) in [6, 6.07) is 7.38. The van der Waals surface area contributed by atoms with Crippen molar-refractivity contribution in [1.29, 1.82) is 0 Å². The van der Waals surface area contributed by atoms with E-state index in [1.807, 2.05) is 38.1 Å². The van der Waals surface area contributed by atoms with Gasteiger partial charge < -0.3 is 11.1 Å². The minimum Gasteiger partial charge on any atom is -0.325 e. The number of rotatable bonds is 4. The summed E-state index contributed by atoms with van der Waals surface area (Å²) in [5, 5.41) is 2.81. The summed E-state index contributed by atoms with van der Waals surface area (Å²) in [5.74, 6) is 0.0224. The Kier molecular flexibility index (Phi) is 6.85. The molecule has 1 aromatic rings. The van der Waals surface area contributed by atoms with Gasteiger partial charge in [0.05, 0.1) is 6.04 Å². The summed E-state index contributed by atoms with van der Waals surface area (Å²) in [7, 11) is 0. The van der Waals surface area contributed by atoms with E-state index < -0.39 is 6.04 Å². The third-order valence-corrected chi connectivity index (χ3v) is 2.65. The van der Waals surface area contributed by atoms with Crippen LogP contribution in [0.5, 0.6) is 0 Å². The third kappa shape index (κ3) is 4.75. The van der Waals surface area contributed by atoms with Gasteiger partial charge in [0.2, 0.25) is 5.91 Å². The lowest BCUT2D eigenvalue weighted by Gasteiger charge is -2.15. The van der Waals surface area contributed by atoms with Crippen molar-refractivity contribution in [2.75, 3.05) is 5.32 Å². The van der Waals surface area contributed by atoms with Crippen LogP contribution in [0.25, 0.3) is 0 Å². The van der Waals surface area contributed by atoms with E-state index in [-0.39, 0.29) is 24.2 Å². The maximum absolute atomic E-state index is 11.7. The largest absolute Gasteiger partial charge is 0.325 e. The first-order valence-corrected chi connectivity index (χ1v) is 5.70. The van der Waals surface area contributed by atoms with E-state index in [1.54, 1.807) is 0 Å². The van der Waals surface area contributed by atoms with E-state index >= 15 is 0 Å². The van der Waals surface area contributed by atoms with E-state index in [0.29, 0.717) is 0 Å². The first-order chi connectivity index (χ1) is 7.54. The number of aryl methyl sites for hydroxylation is 1. The zero-order chi connectivity index (χ0) is 12.1. The van der Waals surface area contributed by atoms with E-state index in [0.717, 1.165) is 12.1 Å². The van der Waals surface area contributed by atoms with E-state index in [9.17, 15) is 4.79 Å². The SMILES string of the molecule is CCc1ccc(NC(=O)[C@@H](N)C(C)C)cc1.Cl. The van der Waals surface area contributed by atoms with Crippen LogP contribution in [-0.4, -0.2) is 11.9 Å². The van der Waals surface area contributed by atoms with Crippen LogP contribution in [0.2, 0.25) is 0 Å². The van der Waals surface area contributed by atoms with Crippen LogP contribution >= 0.6 is 12.4 Å². The van der Waals surface area contributed by atoms with Crippen molar-refractivity contribution >= 4 is 24.0 Å². The summed E-state index contributed by atoms with van der Waals surface area (Å²) < 4.78 is 0. The molecule has 3 N–H and O–H groups in total. The Bertz CT molecular complexity index is 349. The second kappa shape index (κ2) is 7.30. The molecule has 17 heavy (non-hydrogen) atoms. The van der Waals surface area contributed by atoms with Gasteiger partial charge in [0.15, 0.2) is 0 Å². The van der Waals surface area contributed by atoms with Gasteiger partial charge in [0.25, 0.3) is 0 Å². The average molecular weight is 257 g/mol. The molecule has 0 saturated carbocycles.